The molecular weight excluding hydrogens is 182 g/mol. The third-order valence-corrected chi connectivity index (χ3v) is 2.47. The van der Waals surface area contributed by atoms with Crippen LogP contribution in [0.3, 0.4) is 0 Å². The molecule has 0 heterocycles. The van der Waals surface area contributed by atoms with E-state index in [1.165, 1.54) is 0 Å². The second kappa shape index (κ2) is 5.20. The average molecular weight is 201 g/mol. The van der Waals surface area contributed by atoms with Crippen molar-refractivity contribution in [1.82, 2.24) is 5.32 Å². The Hall–Kier alpha value is -0.770. The van der Waals surface area contributed by atoms with E-state index in [-0.39, 0.29) is 24.2 Å². The molecule has 0 aliphatic heterocycles. The smallest absolute Gasteiger partial charge is 0.407 e. The fourth-order valence-corrected chi connectivity index (χ4v) is 1.73. The van der Waals surface area contributed by atoms with Crippen molar-refractivity contribution >= 4 is 6.09 Å². The summed E-state index contributed by atoms with van der Waals surface area (Å²) in [5.41, 5.74) is 0. The molecule has 2 N–H and O–H groups in total. The maximum absolute atomic E-state index is 11.1. The average Bonchev–Trinajstić information content (AvgIpc) is 2.46. The molecule has 0 radical (unpaired) electrons. The SMILES string of the molecule is CC(C)OC(=O)NCC1CCCC1O. The van der Waals surface area contributed by atoms with Crippen molar-refractivity contribution in [1.29, 1.82) is 0 Å². The van der Waals surface area contributed by atoms with Crippen molar-refractivity contribution in [3.05, 3.63) is 0 Å². The van der Waals surface area contributed by atoms with Crippen molar-refractivity contribution in [3.8, 4) is 0 Å². The summed E-state index contributed by atoms with van der Waals surface area (Å²) < 4.78 is 4.91. The van der Waals surface area contributed by atoms with Gasteiger partial charge in [0.1, 0.15) is 0 Å². The molecule has 0 saturated heterocycles. The molecule has 1 fully saturated rings. The van der Waals surface area contributed by atoms with Crippen LogP contribution in [0.5, 0.6) is 0 Å². The van der Waals surface area contributed by atoms with Crippen LogP contribution in [0.15, 0.2) is 0 Å². The largest absolute Gasteiger partial charge is 0.447 e. The Morgan fingerprint density at radius 3 is 2.79 bits per heavy atom. The molecule has 4 heteroatoms. The molecule has 2 atom stereocenters. The highest BCUT2D eigenvalue weighted by Crippen LogP contribution is 2.24. The van der Waals surface area contributed by atoms with Gasteiger partial charge in [0, 0.05) is 12.5 Å². The molecule has 1 aliphatic rings. The summed E-state index contributed by atoms with van der Waals surface area (Å²) in [5.74, 6) is 0.203. The molecule has 0 bridgehead atoms. The topological polar surface area (TPSA) is 58.6 Å². The Labute approximate surface area is 84.6 Å². The molecule has 1 saturated carbocycles. The van der Waals surface area contributed by atoms with E-state index in [0.29, 0.717) is 6.54 Å². The molecule has 0 aromatic carbocycles. The summed E-state index contributed by atoms with van der Waals surface area (Å²) in [6, 6.07) is 0. The Morgan fingerprint density at radius 1 is 1.57 bits per heavy atom. The highest BCUT2D eigenvalue weighted by molar-refractivity contribution is 5.67. The number of ether oxygens (including phenoxy) is 1. The molecule has 1 aliphatic carbocycles. The summed E-state index contributed by atoms with van der Waals surface area (Å²) in [7, 11) is 0. The first-order chi connectivity index (χ1) is 6.59. The van der Waals surface area contributed by atoms with Gasteiger partial charge in [-0.05, 0) is 26.7 Å². The molecule has 4 nitrogen and oxygen atoms in total. The van der Waals surface area contributed by atoms with Gasteiger partial charge in [0.05, 0.1) is 12.2 Å². The Kier molecular flexibility index (Phi) is 4.20. The first-order valence-electron chi connectivity index (χ1n) is 5.22. The fourth-order valence-electron chi connectivity index (χ4n) is 1.73. The molecule has 1 amide bonds. The standard InChI is InChI=1S/C10H19NO3/c1-7(2)14-10(13)11-6-8-4-3-5-9(8)12/h7-9,12H,3-6H2,1-2H3,(H,11,13). The number of aliphatic hydroxyl groups is 1. The van der Waals surface area contributed by atoms with Crippen LogP contribution in [0.1, 0.15) is 33.1 Å². The second-order valence-corrected chi connectivity index (χ2v) is 4.09. The minimum atomic E-state index is -0.390. The summed E-state index contributed by atoms with van der Waals surface area (Å²) >= 11 is 0. The van der Waals surface area contributed by atoms with Crippen LogP contribution in [0.25, 0.3) is 0 Å². The van der Waals surface area contributed by atoms with Gasteiger partial charge in [-0.2, -0.15) is 0 Å². The van der Waals surface area contributed by atoms with Crippen molar-refractivity contribution in [2.24, 2.45) is 5.92 Å². The lowest BCUT2D eigenvalue weighted by molar-refractivity contribution is 0.105. The molecular formula is C10H19NO3. The van der Waals surface area contributed by atoms with E-state index < -0.39 is 0 Å². The minimum Gasteiger partial charge on any atom is -0.447 e. The van der Waals surface area contributed by atoms with Gasteiger partial charge in [-0.3, -0.25) is 0 Å². The molecule has 1 rings (SSSR count). The zero-order valence-corrected chi connectivity index (χ0v) is 8.82. The monoisotopic (exact) mass is 201 g/mol. The number of carbonyl (C=O) groups excluding carboxylic acids is 1. The van der Waals surface area contributed by atoms with E-state index in [1.807, 2.05) is 13.8 Å². The number of nitrogens with one attached hydrogen (secondary N) is 1. The first kappa shape index (κ1) is 11.3. The normalized spacial score (nSPS) is 26.6. The summed E-state index contributed by atoms with van der Waals surface area (Å²) in [4.78, 5) is 11.1. The van der Waals surface area contributed by atoms with Crippen LogP contribution in [-0.2, 0) is 4.74 Å². The number of alkyl carbamates (subject to hydrolysis) is 1. The number of aliphatic hydroxyl groups excluding tert-OH is 1. The van der Waals surface area contributed by atoms with E-state index in [9.17, 15) is 9.90 Å². The van der Waals surface area contributed by atoms with E-state index in [4.69, 9.17) is 4.74 Å². The Bertz CT molecular complexity index is 194. The number of rotatable bonds is 3. The molecule has 2 unspecified atom stereocenters. The highest BCUT2D eigenvalue weighted by Gasteiger charge is 2.25. The molecule has 0 aromatic heterocycles. The fraction of sp³-hybridized carbons (Fsp3) is 0.900. The lowest BCUT2D eigenvalue weighted by atomic mass is 10.1. The van der Waals surface area contributed by atoms with Crippen LogP contribution in [0.2, 0.25) is 0 Å². The van der Waals surface area contributed by atoms with Gasteiger partial charge in [-0.15, -0.1) is 0 Å². The van der Waals surface area contributed by atoms with E-state index in [0.717, 1.165) is 19.3 Å². The van der Waals surface area contributed by atoms with Crippen LogP contribution in [0, 0.1) is 5.92 Å². The van der Waals surface area contributed by atoms with Gasteiger partial charge in [0.2, 0.25) is 0 Å². The van der Waals surface area contributed by atoms with E-state index in [1.54, 1.807) is 0 Å². The van der Waals surface area contributed by atoms with Gasteiger partial charge < -0.3 is 15.2 Å². The van der Waals surface area contributed by atoms with Crippen LogP contribution >= 0.6 is 0 Å². The van der Waals surface area contributed by atoms with Crippen molar-refractivity contribution in [2.75, 3.05) is 6.54 Å². The highest BCUT2D eigenvalue weighted by atomic mass is 16.6. The molecule has 14 heavy (non-hydrogen) atoms. The number of amides is 1. The maximum atomic E-state index is 11.1. The molecule has 82 valence electrons. The second-order valence-electron chi connectivity index (χ2n) is 4.09. The van der Waals surface area contributed by atoms with Crippen LogP contribution in [0.4, 0.5) is 4.79 Å². The third kappa shape index (κ3) is 3.54. The van der Waals surface area contributed by atoms with Crippen LogP contribution in [-0.4, -0.2) is 30.0 Å². The number of hydrogen-bond donors (Lipinski definition) is 2. The van der Waals surface area contributed by atoms with Gasteiger partial charge in [0.25, 0.3) is 0 Å². The first-order valence-corrected chi connectivity index (χ1v) is 5.22. The predicted molar refractivity (Wildman–Crippen MR) is 53.0 cm³/mol. The summed E-state index contributed by atoms with van der Waals surface area (Å²) in [6.45, 7) is 4.14. The van der Waals surface area contributed by atoms with Crippen molar-refractivity contribution in [3.63, 3.8) is 0 Å². The quantitative estimate of drug-likeness (QED) is 0.723. The Morgan fingerprint density at radius 2 is 2.29 bits per heavy atom. The van der Waals surface area contributed by atoms with Gasteiger partial charge in [0.15, 0.2) is 0 Å². The third-order valence-electron chi connectivity index (χ3n) is 2.47. The van der Waals surface area contributed by atoms with Gasteiger partial charge in [-0.25, -0.2) is 4.79 Å². The van der Waals surface area contributed by atoms with Crippen LogP contribution < -0.4 is 5.32 Å². The van der Waals surface area contributed by atoms with E-state index >= 15 is 0 Å². The molecule has 0 aromatic rings. The number of carbonyl (C=O) groups is 1. The van der Waals surface area contributed by atoms with Crippen molar-refractivity contribution < 1.29 is 14.6 Å². The zero-order chi connectivity index (χ0) is 10.6. The zero-order valence-electron chi connectivity index (χ0n) is 8.82. The summed E-state index contributed by atoms with van der Waals surface area (Å²) in [6.07, 6.45) is 2.15. The van der Waals surface area contributed by atoms with Gasteiger partial charge >= 0.3 is 6.09 Å². The minimum absolute atomic E-state index is 0.0940. The predicted octanol–water partition coefficient (Wildman–Crippen LogP) is 1.28. The van der Waals surface area contributed by atoms with E-state index in [2.05, 4.69) is 5.32 Å². The maximum Gasteiger partial charge on any atom is 0.407 e. The lowest BCUT2D eigenvalue weighted by Crippen LogP contribution is -2.33. The van der Waals surface area contributed by atoms with Gasteiger partial charge in [-0.1, -0.05) is 6.42 Å². The lowest BCUT2D eigenvalue weighted by Gasteiger charge is -2.15. The Balaban J connectivity index is 2.16. The summed E-state index contributed by atoms with van der Waals surface area (Å²) in [5, 5.41) is 12.2. The van der Waals surface area contributed by atoms with Crippen molar-refractivity contribution in [2.45, 2.75) is 45.3 Å². The molecule has 0 spiro atoms. The number of hydrogen-bond acceptors (Lipinski definition) is 3.